The van der Waals surface area contributed by atoms with E-state index in [1.807, 2.05) is 37.5 Å². The van der Waals surface area contributed by atoms with Crippen LogP contribution in [0.1, 0.15) is 0 Å². The summed E-state index contributed by atoms with van der Waals surface area (Å²) in [7, 11) is 1.83. The van der Waals surface area contributed by atoms with E-state index in [9.17, 15) is 9.18 Å². The Hall–Kier alpha value is -2.91. The molecule has 1 amide bonds. The van der Waals surface area contributed by atoms with Crippen LogP contribution in [0.5, 0.6) is 0 Å². The van der Waals surface area contributed by atoms with Crippen LogP contribution in [0, 0.1) is 0 Å². The average Bonchev–Trinajstić information content (AvgIpc) is 3.15. The summed E-state index contributed by atoms with van der Waals surface area (Å²) in [5, 5.41) is 13.0. The van der Waals surface area contributed by atoms with E-state index in [-0.39, 0.29) is 12.6 Å². The van der Waals surface area contributed by atoms with Gasteiger partial charge in [0.15, 0.2) is 0 Å². The van der Waals surface area contributed by atoms with Gasteiger partial charge in [0.25, 0.3) is 0 Å². The van der Waals surface area contributed by atoms with Crippen LogP contribution in [0.25, 0.3) is 22.0 Å². The van der Waals surface area contributed by atoms with Crippen LogP contribution in [0.3, 0.4) is 0 Å². The molecule has 1 aromatic carbocycles. The molecule has 2 aromatic heterocycles. The molecule has 0 radical (unpaired) electrons. The summed E-state index contributed by atoms with van der Waals surface area (Å²) in [6.45, 7) is 3.56. The molecule has 152 valence electrons. The number of anilines is 1. The summed E-state index contributed by atoms with van der Waals surface area (Å²) in [5.74, 6) is 0.427. The molecule has 4 rings (SSSR count). The third-order valence-corrected chi connectivity index (χ3v) is 5.12. The summed E-state index contributed by atoms with van der Waals surface area (Å²) in [6, 6.07) is 7.84. The number of carbonyl (C=O) groups is 1. The van der Waals surface area contributed by atoms with Crippen LogP contribution in [0.4, 0.5) is 10.2 Å². The maximum Gasteiger partial charge on any atom is 0.239 e. The zero-order valence-corrected chi connectivity index (χ0v) is 16.4. The van der Waals surface area contributed by atoms with Gasteiger partial charge in [0.1, 0.15) is 18.2 Å². The number of halogens is 1. The fourth-order valence-electron chi connectivity index (χ4n) is 3.52. The highest BCUT2D eigenvalue weighted by atomic mass is 19.1. The molecule has 9 heteroatoms. The lowest BCUT2D eigenvalue weighted by molar-refractivity contribution is -0.117. The second-order valence-corrected chi connectivity index (χ2v) is 7.26. The standard InChI is InChI=1S/C20H24FN7O/c1-26-13-18(24-25-26)15-2-3-16-12-22-19(11-17(16)10-15)23-20(29)14-28-8-6-27(5-4-21)7-9-28/h2-3,10-13H,4-9,14H2,1H3,(H,22,23,29). The monoisotopic (exact) mass is 397 g/mol. The summed E-state index contributed by atoms with van der Waals surface area (Å²) in [5.41, 5.74) is 1.75. The quantitative estimate of drug-likeness (QED) is 0.680. The zero-order valence-electron chi connectivity index (χ0n) is 16.4. The minimum absolute atomic E-state index is 0.0964. The van der Waals surface area contributed by atoms with Gasteiger partial charge in [-0.05, 0) is 17.5 Å². The van der Waals surface area contributed by atoms with E-state index in [1.54, 1.807) is 10.9 Å². The van der Waals surface area contributed by atoms with Crippen molar-refractivity contribution in [1.29, 1.82) is 0 Å². The summed E-state index contributed by atoms with van der Waals surface area (Å²) in [6.07, 6.45) is 3.61. The van der Waals surface area contributed by atoms with E-state index in [2.05, 4.69) is 30.4 Å². The van der Waals surface area contributed by atoms with Crippen molar-refractivity contribution in [2.24, 2.45) is 7.05 Å². The Balaban J connectivity index is 1.40. The van der Waals surface area contributed by atoms with Gasteiger partial charge in [-0.15, -0.1) is 5.10 Å². The van der Waals surface area contributed by atoms with Crippen molar-refractivity contribution in [3.05, 3.63) is 36.7 Å². The molecule has 1 fully saturated rings. The molecular weight excluding hydrogens is 373 g/mol. The van der Waals surface area contributed by atoms with Crippen molar-refractivity contribution in [3.63, 3.8) is 0 Å². The van der Waals surface area contributed by atoms with E-state index < -0.39 is 0 Å². The number of pyridine rings is 1. The molecule has 0 aliphatic carbocycles. The first-order chi connectivity index (χ1) is 14.1. The van der Waals surface area contributed by atoms with Crippen molar-refractivity contribution in [2.75, 3.05) is 51.3 Å². The number of amides is 1. The largest absolute Gasteiger partial charge is 0.310 e. The first-order valence-electron chi connectivity index (χ1n) is 9.68. The Bertz CT molecular complexity index is 997. The number of hydrogen-bond donors (Lipinski definition) is 1. The molecular formula is C20H24FN7O. The van der Waals surface area contributed by atoms with Crippen molar-refractivity contribution < 1.29 is 9.18 Å². The normalized spacial score (nSPS) is 15.7. The summed E-state index contributed by atoms with van der Waals surface area (Å²) >= 11 is 0. The number of rotatable bonds is 6. The number of fused-ring (bicyclic) bond motifs is 1. The second kappa shape index (κ2) is 8.62. The lowest BCUT2D eigenvalue weighted by Crippen LogP contribution is -2.49. The molecule has 3 aromatic rings. The molecule has 1 aliphatic heterocycles. The molecule has 1 aliphatic rings. The average molecular weight is 397 g/mol. The predicted octanol–water partition coefficient (Wildman–Crippen LogP) is 1.56. The zero-order chi connectivity index (χ0) is 20.2. The fraction of sp³-hybridized carbons (Fsp3) is 0.400. The number of nitrogens with zero attached hydrogens (tertiary/aromatic N) is 6. The van der Waals surface area contributed by atoms with Crippen LogP contribution in [-0.2, 0) is 11.8 Å². The Kier molecular flexibility index (Phi) is 5.77. The maximum absolute atomic E-state index is 12.4. The van der Waals surface area contributed by atoms with Gasteiger partial charge < -0.3 is 5.32 Å². The highest BCUT2D eigenvalue weighted by Crippen LogP contribution is 2.24. The Morgan fingerprint density at radius 2 is 1.93 bits per heavy atom. The number of alkyl halides is 1. The Morgan fingerprint density at radius 1 is 1.14 bits per heavy atom. The number of piperazine rings is 1. The van der Waals surface area contributed by atoms with Crippen molar-refractivity contribution in [3.8, 4) is 11.3 Å². The van der Waals surface area contributed by atoms with Crippen LogP contribution >= 0.6 is 0 Å². The fourth-order valence-corrected chi connectivity index (χ4v) is 3.52. The highest BCUT2D eigenvalue weighted by molar-refractivity contribution is 5.94. The van der Waals surface area contributed by atoms with Gasteiger partial charge >= 0.3 is 0 Å². The minimum Gasteiger partial charge on any atom is -0.310 e. The lowest BCUT2D eigenvalue weighted by Gasteiger charge is -2.33. The smallest absolute Gasteiger partial charge is 0.239 e. The number of nitrogens with one attached hydrogen (secondary N) is 1. The van der Waals surface area contributed by atoms with E-state index in [0.29, 0.717) is 18.9 Å². The topological polar surface area (TPSA) is 79.2 Å². The van der Waals surface area contributed by atoms with Gasteiger partial charge in [-0.2, -0.15) is 0 Å². The number of aryl methyl sites for hydroxylation is 1. The van der Waals surface area contributed by atoms with E-state index in [0.717, 1.165) is 48.2 Å². The molecule has 0 bridgehead atoms. The Labute approximate surface area is 168 Å². The Morgan fingerprint density at radius 3 is 2.66 bits per heavy atom. The van der Waals surface area contributed by atoms with Crippen LogP contribution < -0.4 is 5.32 Å². The van der Waals surface area contributed by atoms with Gasteiger partial charge in [0, 0.05) is 56.9 Å². The minimum atomic E-state index is -0.327. The molecule has 29 heavy (non-hydrogen) atoms. The highest BCUT2D eigenvalue weighted by Gasteiger charge is 2.18. The number of carbonyl (C=O) groups excluding carboxylic acids is 1. The van der Waals surface area contributed by atoms with Crippen molar-refractivity contribution >= 4 is 22.5 Å². The van der Waals surface area contributed by atoms with E-state index >= 15 is 0 Å². The van der Waals surface area contributed by atoms with Gasteiger partial charge in [-0.3, -0.25) is 19.3 Å². The first kappa shape index (κ1) is 19.4. The van der Waals surface area contributed by atoms with E-state index in [1.165, 1.54) is 0 Å². The summed E-state index contributed by atoms with van der Waals surface area (Å²) in [4.78, 5) is 20.9. The lowest BCUT2D eigenvalue weighted by atomic mass is 10.1. The van der Waals surface area contributed by atoms with Gasteiger partial charge in [-0.1, -0.05) is 17.3 Å². The van der Waals surface area contributed by atoms with Gasteiger partial charge in [0.05, 0.1) is 12.7 Å². The molecule has 1 saturated heterocycles. The van der Waals surface area contributed by atoms with Gasteiger partial charge in [0.2, 0.25) is 5.91 Å². The van der Waals surface area contributed by atoms with Crippen LogP contribution in [-0.4, -0.2) is 81.6 Å². The molecule has 0 saturated carbocycles. The molecule has 3 heterocycles. The molecule has 0 atom stereocenters. The van der Waals surface area contributed by atoms with Crippen molar-refractivity contribution in [2.45, 2.75) is 0 Å². The predicted molar refractivity (Wildman–Crippen MR) is 109 cm³/mol. The maximum atomic E-state index is 12.4. The van der Waals surface area contributed by atoms with Crippen LogP contribution in [0.2, 0.25) is 0 Å². The second-order valence-electron chi connectivity index (χ2n) is 7.26. The third kappa shape index (κ3) is 4.75. The molecule has 1 N–H and O–H groups in total. The number of benzene rings is 1. The molecule has 0 unspecified atom stereocenters. The number of aromatic nitrogens is 4. The third-order valence-electron chi connectivity index (χ3n) is 5.12. The summed E-state index contributed by atoms with van der Waals surface area (Å²) < 4.78 is 14.1. The SMILES string of the molecule is Cn1cc(-c2ccc3cnc(NC(=O)CN4CCN(CCF)CC4)cc3c2)nn1. The van der Waals surface area contributed by atoms with Gasteiger partial charge in [-0.25, -0.2) is 9.37 Å². The molecule has 8 nitrogen and oxygen atoms in total. The van der Waals surface area contributed by atoms with E-state index in [4.69, 9.17) is 0 Å². The van der Waals surface area contributed by atoms with Crippen LogP contribution in [0.15, 0.2) is 36.7 Å². The first-order valence-corrected chi connectivity index (χ1v) is 9.68. The molecule has 0 spiro atoms. The number of hydrogen-bond acceptors (Lipinski definition) is 6. The van der Waals surface area contributed by atoms with Crippen molar-refractivity contribution in [1.82, 2.24) is 29.8 Å².